The first kappa shape index (κ1) is 19.9. The second kappa shape index (κ2) is 8.56. The summed E-state index contributed by atoms with van der Waals surface area (Å²) in [6.07, 6.45) is 4.54. The number of hydrogen-bond acceptors (Lipinski definition) is 4. The van der Waals surface area contributed by atoms with E-state index in [2.05, 4.69) is 66.2 Å². The van der Waals surface area contributed by atoms with Crippen LogP contribution in [0.3, 0.4) is 0 Å². The molecule has 2 heterocycles. The number of hydrogen-bond donors (Lipinski definition) is 4. The SMILES string of the molecule is CCc1cc(C)c2c(c1)C(O)(NCCCN=C1CCc3ccccc3N1)CCN2. The molecule has 5 nitrogen and oxygen atoms in total. The summed E-state index contributed by atoms with van der Waals surface area (Å²) in [6.45, 7) is 6.53. The van der Waals surface area contributed by atoms with Crippen molar-refractivity contribution in [1.29, 1.82) is 0 Å². The van der Waals surface area contributed by atoms with Crippen molar-refractivity contribution in [1.82, 2.24) is 5.32 Å². The van der Waals surface area contributed by atoms with Crippen molar-refractivity contribution in [3.63, 3.8) is 0 Å². The lowest BCUT2D eigenvalue weighted by molar-refractivity contribution is -0.00721. The zero-order valence-electron chi connectivity index (χ0n) is 17.5. The summed E-state index contributed by atoms with van der Waals surface area (Å²) in [5, 5.41) is 21.6. The molecule has 0 fully saturated rings. The van der Waals surface area contributed by atoms with Crippen molar-refractivity contribution in [2.24, 2.45) is 4.99 Å². The van der Waals surface area contributed by atoms with E-state index in [1.807, 2.05) is 0 Å². The number of anilines is 2. The fourth-order valence-electron chi connectivity index (χ4n) is 4.35. The molecule has 2 aromatic carbocycles. The van der Waals surface area contributed by atoms with E-state index < -0.39 is 5.72 Å². The topological polar surface area (TPSA) is 68.7 Å². The van der Waals surface area contributed by atoms with E-state index in [1.165, 1.54) is 22.4 Å². The molecule has 0 spiro atoms. The fourth-order valence-corrected chi connectivity index (χ4v) is 4.35. The molecular weight excluding hydrogens is 360 g/mol. The maximum absolute atomic E-state index is 11.3. The van der Waals surface area contributed by atoms with E-state index in [1.54, 1.807) is 0 Å². The fraction of sp³-hybridized carbons (Fsp3) is 0.458. The van der Waals surface area contributed by atoms with E-state index in [-0.39, 0.29) is 0 Å². The molecule has 0 radical (unpaired) electrons. The highest BCUT2D eigenvalue weighted by molar-refractivity contribution is 5.98. The second-order valence-electron chi connectivity index (χ2n) is 8.12. The summed E-state index contributed by atoms with van der Waals surface area (Å²) in [6, 6.07) is 12.8. The highest BCUT2D eigenvalue weighted by Crippen LogP contribution is 2.36. The van der Waals surface area contributed by atoms with Crippen LogP contribution in [0.1, 0.15) is 48.4 Å². The lowest BCUT2D eigenvalue weighted by Gasteiger charge is -2.37. The third-order valence-electron chi connectivity index (χ3n) is 6.02. The van der Waals surface area contributed by atoms with Gasteiger partial charge in [0, 0.05) is 42.9 Å². The Morgan fingerprint density at radius 2 is 2.07 bits per heavy atom. The average molecular weight is 393 g/mol. The molecule has 0 saturated heterocycles. The Morgan fingerprint density at radius 1 is 1.21 bits per heavy atom. The standard InChI is InChI=1S/C24H32N4O/c1-3-18-15-17(2)23-20(16-18)24(29,11-14-26-23)27-13-6-12-25-22-10-9-19-7-4-5-8-21(19)28-22/h4-5,7-8,15-16,26-27,29H,3,6,9-14H2,1-2H3,(H,25,28). The summed E-state index contributed by atoms with van der Waals surface area (Å²) < 4.78 is 0. The Hall–Kier alpha value is -2.37. The molecule has 0 bridgehead atoms. The molecule has 1 atom stereocenters. The Balaban J connectivity index is 1.34. The predicted molar refractivity (Wildman–Crippen MR) is 121 cm³/mol. The average Bonchev–Trinajstić information content (AvgIpc) is 2.74. The first-order valence-electron chi connectivity index (χ1n) is 10.8. The number of fused-ring (bicyclic) bond motifs is 2. The van der Waals surface area contributed by atoms with Crippen LogP contribution in [-0.2, 0) is 18.6 Å². The summed E-state index contributed by atoms with van der Waals surface area (Å²) >= 11 is 0. The normalized spacial score (nSPS) is 21.8. The monoisotopic (exact) mass is 392 g/mol. The minimum absolute atomic E-state index is 0.666. The van der Waals surface area contributed by atoms with Crippen LogP contribution in [0.2, 0.25) is 0 Å². The predicted octanol–water partition coefficient (Wildman–Crippen LogP) is 3.95. The van der Waals surface area contributed by atoms with Gasteiger partial charge in [0.05, 0.1) is 0 Å². The number of aryl methyl sites for hydroxylation is 3. The van der Waals surface area contributed by atoms with Crippen molar-refractivity contribution >= 4 is 17.2 Å². The highest BCUT2D eigenvalue weighted by Gasteiger charge is 2.34. The Labute approximate surface area is 173 Å². The van der Waals surface area contributed by atoms with Crippen molar-refractivity contribution in [2.75, 3.05) is 30.3 Å². The third kappa shape index (κ3) is 4.31. The van der Waals surface area contributed by atoms with Crippen LogP contribution in [0, 0.1) is 6.92 Å². The van der Waals surface area contributed by atoms with Crippen LogP contribution in [0.15, 0.2) is 41.4 Å². The molecule has 1 unspecified atom stereocenters. The van der Waals surface area contributed by atoms with Crippen LogP contribution < -0.4 is 16.0 Å². The van der Waals surface area contributed by atoms with Gasteiger partial charge in [-0.05, 0) is 61.6 Å². The van der Waals surface area contributed by atoms with E-state index >= 15 is 0 Å². The number of aliphatic imine (C=N–C) groups is 1. The lowest BCUT2D eigenvalue weighted by atomic mass is 9.89. The number of aliphatic hydroxyl groups is 1. The van der Waals surface area contributed by atoms with Crippen molar-refractivity contribution < 1.29 is 5.11 Å². The molecule has 2 aromatic rings. The van der Waals surface area contributed by atoms with Crippen LogP contribution in [-0.4, -0.2) is 30.6 Å². The highest BCUT2D eigenvalue weighted by atomic mass is 16.3. The summed E-state index contributed by atoms with van der Waals surface area (Å²) in [5.41, 5.74) is 6.10. The maximum Gasteiger partial charge on any atom is 0.145 e. The number of benzene rings is 2. The van der Waals surface area contributed by atoms with Gasteiger partial charge in [0.25, 0.3) is 0 Å². The molecule has 0 aliphatic carbocycles. The number of rotatable bonds is 6. The number of para-hydroxylation sites is 1. The molecule has 2 aliphatic rings. The van der Waals surface area contributed by atoms with E-state index in [0.29, 0.717) is 6.42 Å². The van der Waals surface area contributed by atoms with Crippen LogP contribution >= 0.6 is 0 Å². The molecule has 5 heteroatoms. The van der Waals surface area contributed by atoms with Crippen molar-refractivity contribution in [2.45, 2.75) is 51.7 Å². The van der Waals surface area contributed by atoms with Gasteiger partial charge in [-0.1, -0.05) is 31.2 Å². The molecule has 0 aromatic heterocycles. The molecule has 4 rings (SSSR count). The molecule has 0 amide bonds. The summed E-state index contributed by atoms with van der Waals surface area (Å²) in [5.74, 6) is 1.07. The van der Waals surface area contributed by atoms with Gasteiger partial charge in [0.15, 0.2) is 0 Å². The minimum Gasteiger partial charge on any atom is -0.384 e. The van der Waals surface area contributed by atoms with E-state index in [4.69, 9.17) is 4.99 Å². The molecule has 154 valence electrons. The van der Waals surface area contributed by atoms with Gasteiger partial charge in [-0.25, -0.2) is 0 Å². The number of nitrogens with one attached hydrogen (secondary N) is 3. The number of amidine groups is 1. The lowest BCUT2D eigenvalue weighted by Crippen LogP contribution is -2.47. The van der Waals surface area contributed by atoms with E-state index in [9.17, 15) is 5.11 Å². The Kier molecular flexibility index (Phi) is 5.88. The zero-order chi connectivity index (χ0) is 20.3. The smallest absolute Gasteiger partial charge is 0.145 e. The molecular formula is C24H32N4O. The van der Waals surface area contributed by atoms with Gasteiger partial charge < -0.3 is 15.7 Å². The third-order valence-corrected chi connectivity index (χ3v) is 6.02. The quantitative estimate of drug-likeness (QED) is 0.444. The van der Waals surface area contributed by atoms with Gasteiger partial charge >= 0.3 is 0 Å². The zero-order valence-corrected chi connectivity index (χ0v) is 17.5. The molecule has 29 heavy (non-hydrogen) atoms. The van der Waals surface area contributed by atoms with Gasteiger partial charge in [-0.2, -0.15) is 0 Å². The Morgan fingerprint density at radius 3 is 2.93 bits per heavy atom. The summed E-state index contributed by atoms with van der Waals surface area (Å²) in [4.78, 5) is 4.74. The molecule has 4 N–H and O–H groups in total. The maximum atomic E-state index is 11.3. The van der Waals surface area contributed by atoms with Crippen LogP contribution in [0.25, 0.3) is 0 Å². The van der Waals surface area contributed by atoms with Gasteiger partial charge in [-0.3, -0.25) is 10.3 Å². The minimum atomic E-state index is -0.967. The first-order chi connectivity index (χ1) is 14.1. The molecule has 2 aliphatic heterocycles. The molecule has 0 saturated carbocycles. The van der Waals surface area contributed by atoms with Crippen molar-refractivity contribution in [3.8, 4) is 0 Å². The number of nitrogens with zero attached hydrogens (tertiary/aromatic N) is 1. The van der Waals surface area contributed by atoms with Crippen molar-refractivity contribution in [3.05, 3.63) is 58.7 Å². The largest absolute Gasteiger partial charge is 0.384 e. The van der Waals surface area contributed by atoms with Gasteiger partial charge in [-0.15, -0.1) is 0 Å². The summed E-state index contributed by atoms with van der Waals surface area (Å²) in [7, 11) is 0. The second-order valence-corrected chi connectivity index (χ2v) is 8.12. The van der Waals surface area contributed by atoms with Crippen LogP contribution in [0.4, 0.5) is 11.4 Å². The van der Waals surface area contributed by atoms with Gasteiger partial charge in [0.1, 0.15) is 11.6 Å². The van der Waals surface area contributed by atoms with Gasteiger partial charge in [0.2, 0.25) is 0 Å². The van der Waals surface area contributed by atoms with E-state index in [0.717, 1.165) is 62.4 Å². The van der Waals surface area contributed by atoms with Crippen LogP contribution in [0.5, 0.6) is 0 Å². The Bertz CT molecular complexity index is 908. The first-order valence-corrected chi connectivity index (χ1v) is 10.8.